The molecule has 2 aromatic rings. The number of carbonyl (C=O) groups is 1. The van der Waals surface area contributed by atoms with Crippen molar-refractivity contribution in [3.63, 3.8) is 0 Å². The van der Waals surface area contributed by atoms with E-state index >= 15 is 0 Å². The van der Waals surface area contributed by atoms with Crippen molar-refractivity contribution >= 4 is 16.9 Å². The highest BCUT2D eigenvalue weighted by Gasteiger charge is 2.31. The first-order valence-electron chi connectivity index (χ1n) is 5.74. The highest BCUT2D eigenvalue weighted by Crippen LogP contribution is 2.42. The SMILES string of the molecule is CC1=C(c2ccco2)C(c2ccco2)=C(C)C1=O. The molecule has 0 N–H and O–H groups in total. The van der Waals surface area contributed by atoms with Crippen molar-refractivity contribution in [2.75, 3.05) is 0 Å². The Morgan fingerprint density at radius 2 is 1.28 bits per heavy atom. The van der Waals surface area contributed by atoms with Crippen LogP contribution in [0.25, 0.3) is 11.1 Å². The zero-order valence-corrected chi connectivity index (χ0v) is 10.2. The molecule has 0 saturated heterocycles. The smallest absolute Gasteiger partial charge is 0.185 e. The normalized spacial score (nSPS) is 16.0. The van der Waals surface area contributed by atoms with Gasteiger partial charge in [0.05, 0.1) is 12.5 Å². The fraction of sp³-hybridized carbons (Fsp3) is 0.133. The Labute approximate surface area is 104 Å². The van der Waals surface area contributed by atoms with Crippen molar-refractivity contribution in [1.29, 1.82) is 0 Å². The quantitative estimate of drug-likeness (QED) is 0.803. The van der Waals surface area contributed by atoms with Gasteiger partial charge in [0.25, 0.3) is 0 Å². The zero-order chi connectivity index (χ0) is 12.7. The first-order valence-corrected chi connectivity index (χ1v) is 5.74. The second-order valence-electron chi connectivity index (χ2n) is 4.28. The van der Waals surface area contributed by atoms with Gasteiger partial charge in [-0.25, -0.2) is 0 Å². The minimum Gasteiger partial charge on any atom is -0.464 e. The zero-order valence-electron chi connectivity index (χ0n) is 10.2. The molecule has 1 aliphatic carbocycles. The summed E-state index contributed by atoms with van der Waals surface area (Å²) in [6.07, 6.45) is 3.21. The molecule has 18 heavy (non-hydrogen) atoms. The average Bonchev–Trinajstić information content (AvgIpc) is 3.07. The molecule has 1 aliphatic rings. The van der Waals surface area contributed by atoms with Crippen molar-refractivity contribution in [3.05, 3.63) is 59.5 Å². The molecule has 3 heteroatoms. The van der Waals surface area contributed by atoms with Crippen molar-refractivity contribution in [2.45, 2.75) is 13.8 Å². The number of Topliss-reactive ketones (excluding diaryl/α,β-unsaturated/α-hetero) is 1. The molecule has 0 saturated carbocycles. The number of hydrogen-bond donors (Lipinski definition) is 0. The Hall–Kier alpha value is -2.29. The van der Waals surface area contributed by atoms with Crippen LogP contribution in [0, 0.1) is 0 Å². The lowest BCUT2D eigenvalue weighted by Gasteiger charge is -2.04. The minimum absolute atomic E-state index is 0.0489. The van der Waals surface area contributed by atoms with Crippen molar-refractivity contribution < 1.29 is 13.6 Å². The number of ketones is 1. The standard InChI is InChI=1S/C15H12O3/c1-9-13(11-5-3-7-17-11)14(10(2)15(9)16)12-6-4-8-18-12/h3-8H,1-2H3. The van der Waals surface area contributed by atoms with Gasteiger partial charge in [-0.2, -0.15) is 0 Å². The highest BCUT2D eigenvalue weighted by atomic mass is 16.3. The van der Waals surface area contributed by atoms with Crippen LogP contribution in [-0.2, 0) is 4.79 Å². The summed E-state index contributed by atoms with van der Waals surface area (Å²) in [5, 5.41) is 0. The predicted octanol–water partition coefficient (Wildman–Crippen LogP) is 3.70. The van der Waals surface area contributed by atoms with Crippen LogP contribution in [0.4, 0.5) is 0 Å². The number of furan rings is 2. The first kappa shape index (κ1) is 10.8. The third-order valence-corrected chi connectivity index (χ3v) is 3.22. The largest absolute Gasteiger partial charge is 0.464 e. The van der Waals surface area contributed by atoms with Gasteiger partial charge in [0.1, 0.15) is 11.5 Å². The molecule has 0 radical (unpaired) electrons. The van der Waals surface area contributed by atoms with E-state index in [1.54, 1.807) is 12.5 Å². The summed E-state index contributed by atoms with van der Waals surface area (Å²) in [6, 6.07) is 7.34. The van der Waals surface area contributed by atoms with Gasteiger partial charge in [-0.3, -0.25) is 4.79 Å². The summed E-state index contributed by atoms with van der Waals surface area (Å²) >= 11 is 0. The Kier molecular flexibility index (Phi) is 2.33. The van der Waals surface area contributed by atoms with E-state index in [4.69, 9.17) is 8.83 Å². The van der Waals surface area contributed by atoms with Crippen LogP contribution < -0.4 is 0 Å². The van der Waals surface area contributed by atoms with Crippen LogP contribution in [0.2, 0.25) is 0 Å². The van der Waals surface area contributed by atoms with Crippen LogP contribution in [0.1, 0.15) is 25.4 Å². The molecule has 0 bridgehead atoms. The van der Waals surface area contributed by atoms with E-state index in [1.807, 2.05) is 38.1 Å². The second kappa shape index (κ2) is 3.88. The summed E-state index contributed by atoms with van der Waals surface area (Å²) in [5.41, 5.74) is 3.07. The van der Waals surface area contributed by atoms with E-state index < -0.39 is 0 Å². The van der Waals surface area contributed by atoms with E-state index in [0.29, 0.717) is 22.7 Å². The lowest BCUT2D eigenvalue weighted by Crippen LogP contribution is -1.95. The first-order chi connectivity index (χ1) is 8.70. The van der Waals surface area contributed by atoms with Gasteiger partial charge in [-0.1, -0.05) is 0 Å². The van der Waals surface area contributed by atoms with Crippen LogP contribution in [-0.4, -0.2) is 5.78 Å². The third kappa shape index (κ3) is 1.40. The van der Waals surface area contributed by atoms with Gasteiger partial charge in [-0.05, 0) is 38.1 Å². The molecule has 0 aromatic carbocycles. The Bertz CT molecular complexity index is 594. The summed E-state index contributed by atoms with van der Waals surface area (Å²) < 4.78 is 10.9. The fourth-order valence-electron chi connectivity index (χ4n) is 2.34. The lowest BCUT2D eigenvalue weighted by molar-refractivity contribution is -0.111. The summed E-state index contributed by atoms with van der Waals surface area (Å²) in [6.45, 7) is 3.64. The Morgan fingerprint density at radius 1 is 0.833 bits per heavy atom. The number of hydrogen-bond acceptors (Lipinski definition) is 3. The number of rotatable bonds is 2. The minimum atomic E-state index is 0.0489. The predicted molar refractivity (Wildman–Crippen MR) is 67.6 cm³/mol. The molecule has 0 amide bonds. The van der Waals surface area contributed by atoms with Crippen LogP contribution in [0.5, 0.6) is 0 Å². The van der Waals surface area contributed by atoms with E-state index in [0.717, 1.165) is 11.1 Å². The van der Waals surface area contributed by atoms with Gasteiger partial charge in [0.15, 0.2) is 5.78 Å². The molecule has 3 nitrogen and oxygen atoms in total. The van der Waals surface area contributed by atoms with Crippen molar-refractivity contribution in [2.24, 2.45) is 0 Å². The van der Waals surface area contributed by atoms with E-state index in [2.05, 4.69) is 0 Å². The maximum atomic E-state index is 12.1. The number of allylic oxidation sites excluding steroid dienone is 4. The van der Waals surface area contributed by atoms with Gasteiger partial charge in [0, 0.05) is 22.3 Å². The Balaban J connectivity index is 2.25. The molecule has 0 unspecified atom stereocenters. The van der Waals surface area contributed by atoms with Crippen LogP contribution in [0.15, 0.2) is 56.8 Å². The van der Waals surface area contributed by atoms with Gasteiger partial charge < -0.3 is 8.83 Å². The van der Waals surface area contributed by atoms with Crippen LogP contribution in [0.3, 0.4) is 0 Å². The molecule has 0 fully saturated rings. The van der Waals surface area contributed by atoms with Crippen molar-refractivity contribution in [1.82, 2.24) is 0 Å². The third-order valence-electron chi connectivity index (χ3n) is 3.22. The Morgan fingerprint density at radius 3 is 1.61 bits per heavy atom. The molecule has 0 atom stereocenters. The second-order valence-corrected chi connectivity index (χ2v) is 4.28. The van der Waals surface area contributed by atoms with Gasteiger partial charge >= 0.3 is 0 Å². The van der Waals surface area contributed by atoms with Crippen molar-refractivity contribution in [3.8, 4) is 0 Å². The van der Waals surface area contributed by atoms with E-state index in [9.17, 15) is 4.79 Å². The average molecular weight is 240 g/mol. The molecule has 0 spiro atoms. The monoisotopic (exact) mass is 240 g/mol. The van der Waals surface area contributed by atoms with E-state index in [-0.39, 0.29) is 5.78 Å². The lowest BCUT2D eigenvalue weighted by atomic mass is 10.0. The summed E-state index contributed by atoms with van der Waals surface area (Å²) in [4.78, 5) is 12.1. The topological polar surface area (TPSA) is 43.4 Å². The molecule has 0 aliphatic heterocycles. The highest BCUT2D eigenvalue weighted by molar-refractivity contribution is 6.30. The molecule has 3 rings (SSSR count). The molecular weight excluding hydrogens is 228 g/mol. The maximum absolute atomic E-state index is 12.1. The fourth-order valence-corrected chi connectivity index (χ4v) is 2.34. The molecular formula is C15H12O3. The molecule has 2 heterocycles. The molecule has 90 valence electrons. The summed E-state index contributed by atoms with van der Waals surface area (Å²) in [7, 11) is 0. The van der Waals surface area contributed by atoms with Gasteiger partial charge in [-0.15, -0.1) is 0 Å². The molecule has 2 aromatic heterocycles. The maximum Gasteiger partial charge on any atom is 0.185 e. The van der Waals surface area contributed by atoms with Gasteiger partial charge in [0.2, 0.25) is 0 Å². The van der Waals surface area contributed by atoms with Crippen LogP contribution >= 0.6 is 0 Å². The summed E-state index contributed by atoms with van der Waals surface area (Å²) in [5.74, 6) is 1.45. The van der Waals surface area contributed by atoms with E-state index in [1.165, 1.54) is 0 Å². The number of carbonyl (C=O) groups excluding carboxylic acids is 1.